The van der Waals surface area contributed by atoms with E-state index in [2.05, 4.69) is 9.97 Å². The van der Waals surface area contributed by atoms with E-state index in [0.29, 0.717) is 6.61 Å². The fraction of sp³-hybridized carbons (Fsp3) is 0.188. The van der Waals surface area contributed by atoms with Crippen molar-refractivity contribution in [2.45, 2.75) is 13.5 Å². The average molecular weight is 268 g/mol. The van der Waals surface area contributed by atoms with Crippen molar-refractivity contribution in [3.63, 3.8) is 0 Å². The first kappa shape index (κ1) is 12.5. The van der Waals surface area contributed by atoms with Crippen molar-refractivity contribution >= 4 is 11.0 Å². The maximum absolute atomic E-state index is 5.78. The van der Waals surface area contributed by atoms with E-state index in [-0.39, 0.29) is 0 Å². The van der Waals surface area contributed by atoms with Gasteiger partial charge >= 0.3 is 0 Å². The average Bonchev–Trinajstić information content (AvgIpc) is 2.88. The molecule has 1 N–H and O–H groups in total. The van der Waals surface area contributed by atoms with E-state index in [1.807, 2.05) is 49.4 Å². The van der Waals surface area contributed by atoms with E-state index in [4.69, 9.17) is 9.47 Å². The largest absolute Gasteiger partial charge is 0.497 e. The highest BCUT2D eigenvalue weighted by Gasteiger charge is 2.05. The summed E-state index contributed by atoms with van der Waals surface area (Å²) in [6.45, 7) is 2.45. The Morgan fingerprint density at radius 1 is 1.15 bits per heavy atom. The summed E-state index contributed by atoms with van der Waals surface area (Å²) in [6, 6.07) is 13.7. The minimum atomic E-state index is 0.419. The molecule has 4 heteroatoms. The SMILES string of the molecule is COc1ccc2nc(COc3ccccc3C)[nH]c2c1. The molecular weight excluding hydrogens is 252 g/mol. The molecule has 0 bridgehead atoms. The lowest BCUT2D eigenvalue weighted by Gasteiger charge is -2.06. The molecular formula is C16H16N2O2. The van der Waals surface area contributed by atoms with E-state index in [0.717, 1.165) is 33.9 Å². The topological polar surface area (TPSA) is 47.1 Å². The number of imidazole rings is 1. The molecule has 0 saturated carbocycles. The molecule has 0 spiro atoms. The van der Waals surface area contributed by atoms with Crippen LogP contribution in [0.3, 0.4) is 0 Å². The second-order valence-corrected chi connectivity index (χ2v) is 4.62. The second kappa shape index (κ2) is 5.25. The van der Waals surface area contributed by atoms with Gasteiger partial charge in [0.2, 0.25) is 0 Å². The number of fused-ring (bicyclic) bond motifs is 1. The molecule has 102 valence electrons. The highest BCUT2D eigenvalue weighted by atomic mass is 16.5. The van der Waals surface area contributed by atoms with Gasteiger partial charge in [-0.05, 0) is 30.7 Å². The summed E-state index contributed by atoms with van der Waals surface area (Å²) in [5.41, 5.74) is 2.98. The van der Waals surface area contributed by atoms with Crippen LogP contribution in [0.5, 0.6) is 11.5 Å². The van der Waals surface area contributed by atoms with Crippen molar-refractivity contribution in [1.82, 2.24) is 9.97 Å². The molecule has 0 atom stereocenters. The van der Waals surface area contributed by atoms with Gasteiger partial charge in [-0.2, -0.15) is 0 Å². The van der Waals surface area contributed by atoms with Crippen LogP contribution in [0.2, 0.25) is 0 Å². The Bertz CT molecular complexity index is 734. The van der Waals surface area contributed by atoms with Crippen LogP contribution in [-0.4, -0.2) is 17.1 Å². The van der Waals surface area contributed by atoms with Gasteiger partial charge in [-0.1, -0.05) is 18.2 Å². The van der Waals surface area contributed by atoms with Crippen LogP contribution in [0.4, 0.5) is 0 Å². The number of hydrogen-bond acceptors (Lipinski definition) is 3. The van der Waals surface area contributed by atoms with Gasteiger partial charge in [0.15, 0.2) is 0 Å². The van der Waals surface area contributed by atoms with Crippen molar-refractivity contribution in [3.8, 4) is 11.5 Å². The third-order valence-corrected chi connectivity index (χ3v) is 3.20. The predicted molar refractivity (Wildman–Crippen MR) is 78.2 cm³/mol. The number of hydrogen-bond donors (Lipinski definition) is 1. The van der Waals surface area contributed by atoms with Crippen molar-refractivity contribution in [2.75, 3.05) is 7.11 Å². The number of aromatic nitrogens is 2. The van der Waals surface area contributed by atoms with Crippen LogP contribution in [0.15, 0.2) is 42.5 Å². The van der Waals surface area contributed by atoms with Gasteiger partial charge in [0.25, 0.3) is 0 Å². The molecule has 0 fully saturated rings. The van der Waals surface area contributed by atoms with Gasteiger partial charge in [-0.3, -0.25) is 0 Å². The van der Waals surface area contributed by atoms with Gasteiger partial charge in [-0.25, -0.2) is 4.98 Å². The van der Waals surface area contributed by atoms with E-state index < -0.39 is 0 Å². The number of ether oxygens (including phenoxy) is 2. The van der Waals surface area contributed by atoms with E-state index in [1.165, 1.54) is 0 Å². The molecule has 20 heavy (non-hydrogen) atoms. The Morgan fingerprint density at radius 2 is 2.00 bits per heavy atom. The standard InChI is InChI=1S/C16H16N2O2/c1-11-5-3-4-6-15(11)20-10-16-17-13-8-7-12(19-2)9-14(13)18-16/h3-9H,10H2,1-2H3,(H,17,18). The fourth-order valence-corrected chi connectivity index (χ4v) is 2.10. The molecule has 4 nitrogen and oxygen atoms in total. The molecule has 0 saturated heterocycles. The maximum Gasteiger partial charge on any atom is 0.146 e. The summed E-state index contributed by atoms with van der Waals surface area (Å²) in [5.74, 6) is 2.49. The van der Waals surface area contributed by atoms with Gasteiger partial charge in [0, 0.05) is 6.07 Å². The summed E-state index contributed by atoms with van der Waals surface area (Å²) >= 11 is 0. The normalized spacial score (nSPS) is 10.7. The number of nitrogens with zero attached hydrogens (tertiary/aromatic N) is 1. The molecule has 0 aliphatic rings. The van der Waals surface area contributed by atoms with Crippen molar-refractivity contribution in [2.24, 2.45) is 0 Å². The van der Waals surface area contributed by atoms with Crippen LogP contribution < -0.4 is 9.47 Å². The lowest BCUT2D eigenvalue weighted by Crippen LogP contribution is -1.98. The number of aromatic amines is 1. The van der Waals surface area contributed by atoms with Crippen LogP contribution in [0.1, 0.15) is 11.4 Å². The van der Waals surface area contributed by atoms with E-state index in [1.54, 1.807) is 7.11 Å². The smallest absolute Gasteiger partial charge is 0.146 e. The van der Waals surface area contributed by atoms with Gasteiger partial charge < -0.3 is 14.5 Å². The third kappa shape index (κ3) is 2.45. The zero-order valence-corrected chi connectivity index (χ0v) is 11.5. The Kier molecular flexibility index (Phi) is 3.29. The molecule has 0 amide bonds. The number of H-pyrrole nitrogens is 1. The number of methoxy groups -OCH3 is 1. The molecule has 3 rings (SSSR count). The number of rotatable bonds is 4. The van der Waals surface area contributed by atoms with E-state index in [9.17, 15) is 0 Å². The van der Waals surface area contributed by atoms with E-state index >= 15 is 0 Å². The molecule has 2 aromatic carbocycles. The quantitative estimate of drug-likeness (QED) is 0.788. The molecule has 0 unspecified atom stereocenters. The number of benzene rings is 2. The fourth-order valence-electron chi connectivity index (χ4n) is 2.10. The summed E-state index contributed by atoms with van der Waals surface area (Å²) < 4.78 is 11.0. The number of nitrogens with one attached hydrogen (secondary N) is 1. The monoisotopic (exact) mass is 268 g/mol. The first-order valence-electron chi connectivity index (χ1n) is 6.47. The Labute approximate surface area is 117 Å². The number of aryl methyl sites for hydroxylation is 1. The minimum absolute atomic E-state index is 0.419. The lowest BCUT2D eigenvalue weighted by molar-refractivity contribution is 0.295. The van der Waals surface area contributed by atoms with Crippen LogP contribution in [0.25, 0.3) is 11.0 Å². The summed E-state index contributed by atoms with van der Waals surface area (Å²) in [6.07, 6.45) is 0. The zero-order chi connectivity index (χ0) is 13.9. The van der Waals surface area contributed by atoms with Crippen molar-refractivity contribution in [1.29, 1.82) is 0 Å². The molecule has 1 aromatic heterocycles. The minimum Gasteiger partial charge on any atom is -0.497 e. The Morgan fingerprint density at radius 3 is 2.80 bits per heavy atom. The van der Waals surface area contributed by atoms with Gasteiger partial charge in [0.05, 0.1) is 18.1 Å². The molecule has 0 aliphatic carbocycles. The van der Waals surface area contributed by atoms with Gasteiger partial charge in [0.1, 0.15) is 23.9 Å². The summed E-state index contributed by atoms with van der Waals surface area (Å²) in [7, 11) is 1.65. The van der Waals surface area contributed by atoms with Crippen LogP contribution >= 0.6 is 0 Å². The first-order valence-corrected chi connectivity index (χ1v) is 6.47. The van der Waals surface area contributed by atoms with Crippen molar-refractivity contribution < 1.29 is 9.47 Å². The highest BCUT2D eigenvalue weighted by Crippen LogP contribution is 2.20. The Hall–Kier alpha value is -2.49. The molecule has 0 aliphatic heterocycles. The third-order valence-electron chi connectivity index (χ3n) is 3.20. The Balaban J connectivity index is 1.79. The molecule has 3 aromatic rings. The predicted octanol–water partition coefficient (Wildman–Crippen LogP) is 3.46. The maximum atomic E-state index is 5.78. The highest BCUT2D eigenvalue weighted by molar-refractivity contribution is 5.76. The summed E-state index contributed by atoms with van der Waals surface area (Å²) in [5, 5.41) is 0. The molecule has 1 heterocycles. The lowest BCUT2D eigenvalue weighted by atomic mass is 10.2. The van der Waals surface area contributed by atoms with Crippen LogP contribution in [-0.2, 0) is 6.61 Å². The van der Waals surface area contributed by atoms with Gasteiger partial charge in [-0.15, -0.1) is 0 Å². The number of para-hydroxylation sites is 1. The first-order chi connectivity index (χ1) is 9.76. The molecule has 0 radical (unpaired) electrons. The second-order valence-electron chi connectivity index (χ2n) is 4.62. The zero-order valence-electron chi connectivity index (χ0n) is 11.5. The van der Waals surface area contributed by atoms with Crippen LogP contribution in [0, 0.1) is 6.92 Å². The van der Waals surface area contributed by atoms with Crippen molar-refractivity contribution in [3.05, 3.63) is 53.9 Å². The summed E-state index contributed by atoms with van der Waals surface area (Å²) in [4.78, 5) is 7.74.